The van der Waals surface area contributed by atoms with Crippen LogP contribution >= 0.6 is 0 Å². The highest BCUT2D eigenvalue weighted by Gasteiger charge is 2.38. The van der Waals surface area contributed by atoms with E-state index >= 15 is 0 Å². The first-order valence-electron chi connectivity index (χ1n) is 4.86. The predicted octanol–water partition coefficient (Wildman–Crippen LogP) is 2.43. The summed E-state index contributed by atoms with van der Waals surface area (Å²) >= 11 is 0. The van der Waals surface area contributed by atoms with Gasteiger partial charge in [-0.3, -0.25) is 4.79 Å². The maximum absolute atomic E-state index is 11.9. The molecule has 0 heterocycles. The average Bonchev–Trinajstić information content (AvgIpc) is 2.25. The molecule has 0 saturated heterocycles. The van der Waals surface area contributed by atoms with Gasteiger partial charge < -0.3 is 5.32 Å². The lowest BCUT2D eigenvalue weighted by molar-refractivity contribution is -0.173. The van der Waals surface area contributed by atoms with Crippen LogP contribution in [-0.2, 0) is 17.8 Å². The Bertz CT molecular complexity index is 356. The van der Waals surface area contributed by atoms with Gasteiger partial charge in [-0.1, -0.05) is 31.2 Å². The van der Waals surface area contributed by atoms with Crippen molar-refractivity contribution >= 4 is 5.91 Å². The molecule has 0 aromatic heterocycles. The van der Waals surface area contributed by atoms with Crippen molar-refractivity contribution in [3.63, 3.8) is 0 Å². The number of halogens is 3. The molecule has 0 unspecified atom stereocenters. The van der Waals surface area contributed by atoms with E-state index in [-0.39, 0.29) is 6.54 Å². The molecule has 1 N–H and O–H groups in total. The number of nitrogens with one attached hydrogen (secondary N) is 1. The van der Waals surface area contributed by atoms with Crippen molar-refractivity contribution in [1.29, 1.82) is 0 Å². The Labute approximate surface area is 91.5 Å². The monoisotopic (exact) mass is 231 g/mol. The summed E-state index contributed by atoms with van der Waals surface area (Å²) in [7, 11) is 0. The van der Waals surface area contributed by atoms with Crippen molar-refractivity contribution in [2.24, 2.45) is 0 Å². The molecule has 0 atom stereocenters. The highest BCUT2D eigenvalue weighted by Crippen LogP contribution is 2.14. The molecule has 0 radical (unpaired) electrons. The average molecular weight is 231 g/mol. The van der Waals surface area contributed by atoms with Crippen molar-refractivity contribution in [3.8, 4) is 0 Å². The van der Waals surface area contributed by atoms with Crippen molar-refractivity contribution in [3.05, 3.63) is 35.4 Å². The summed E-state index contributed by atoms with van der Waals surface area (Å²) in [6.45, 7) is 1.88. The number of hydrogen-bond acceptors (Lipinski definition) is 1. The number of hydrogen-bond donors (Lipinski definition) is 1. The Morgan fingerprint density at radius 1 is 1.19 bits per heavy atom. The van der Waals surface area contributed by atoms with Crippen LogP contribution < -0.4 is 5.32 Å². The summed E-state index contributed by atoms with van der Waals surface area (Å²) < 4.78 is 35.6. The number of rotatable bonds is 3. The van der Waals surface area contributed by atoms with Gasteiger partial charge in [0.2, 0.25) is 0 Å². The number of alkyl halides is 3. The first kappa shape index (κ1) is 12.5. The number of benzene rings is 1. The van der Waals surface area contributed by atoms with Gasteiger partial charge in [-0.15, -0.1) is 0 Å². The molecule has 0 aliphatic heterocycles. The molecule has 5 heteroatoms. The highest BCUT2D eigenvalue weighted by atomic mass is 19.4. The second-order valence-corrected chi connectivity index (χ2v) is 3.35. The third-order valence-electron chi connectivity index (χ3n) is 2.14. The number of carbonyl (C=O) groups excluding carboxylic acids is 1. The summed E-state index contributed by atoms with van der Waals surface area (Å²) in [5, 5.41) is 1.81. The Morgan fingerprint density at radius 3 is 2.12 bits per heavy atom. The lowest BCUT2D eigenvalue weighted by Crippen LogP contribution is -2.36. The van der Waals surface area contributed by atoms with E-state index in [0.717, 1.165) is 12.0 Å². The van der Waals surface area contributed by atoms with E-state index in [1.807, 2.05) is 24.4 Å². The van der Waals surface area contributed by atoms with Crippen molar-refractivity contribution in [2.75, 3.05) is 0 Å². The minimum absolute atomic E-state index is 0.109. The van der Waals surface area contributed by atoms with E-state index in [9.17, 15) is 18.0 Å². The summed E-state index contributed by atoms with van der Waals surface area (Å²) in [6, 6.07) is 7.06. The van der Waals surface area contributed by atoms with Crippen molar-refractivity contribution in [1.82, 2.24) is 5.32 Å². The first-order valence-corrected chi connectivity index (χ1v) is 4.86. The zero-order valence-corrected chi connectivity index (χ0v) is 8.77. The molecule has 1 rings (SSSR count). The zero-order chi connectivity index (χ0) is 12.2. The smallest absolute Gasteiger partial charge is 0.344 e. The maximum Gasteiger partial charge on any atom is 0.471 e. The van der Waals surface area contributed by atoms with E-state index in [1.165, 1.54) is 0 Å². The molecule has 0 fully saturated rings. The van der Waals surface area contributed by atoms with Gasteiger partial charge >= 0.3 is 12.1 Å². The molecule has 1 amide bonds. The van der Waals surface area contributed by atoms with Crippen LogP contribution in [0.1, 0.15) is 18.1 Å². The van der Waals surface area contributed by atoms with Gasteiger partial charge in [0.05, 0.1) is 0 Å². The van der Waals surface area contributed by atoms with E-state index in [1.54, 1.807) is 12.1 Å². The van der Waals surface area contributed by atoms with Crippen molar-refractivity contribution in [2.45, 2.75) is 26.1 Å². The summed E-state index contributed by atoms with van der Waals surface area (Å²) in [5.41, 5.74) is 1.75. The minimum atomic E-state index is -4.82. The second-order valence-electron chi connectivity index (χ2n) is 3.35. The molecule has 0 saturated carbocycles. The van der Waals surface area contributed by atoms with Gasteiger partial charge in [-0.25, -0.2) is 0 Å². The minimum Gasteiger partial charge on any atom is -0.344 e. The van der Waals surface area contributed by atoms with Crippen LogP contribution in [0.2, 0.25) is 0 Å². The van der Waals surface area contributed by atoms with E-state index < -0.39 is 12.1 Å². The fraction of sp³-hybridized carbons (Fsp3) is 0.364. The molecule has 1 aromatic carbocycles. The Hall–Kier alpha value is -1.52. The van der Waals surface area contributed by atoms with Crippen LogP contribution in [0.15, 0.2) is 24.3 Å². The number of amides is 1. The largest absolute Gasteiger partial charge is 0.471 e. The molecule has 0 aliphatic carbocycles. The third kappa shape index (κ3) is 3.56. The molecular weight excluding hydrogens is 219 g/mol. The highest BCUT2D eigenvalue weighted by molar-refractivity contribution is 5.81. The molecule has 0 spiro atoms. The van der Waals surface area contributed by atoms with Crippen LogP contribution in [0.5, 0.6) is 0 Å². The Balaban J connectivity index is 2.52. The molecule has 88 valence electrons. The molecular formula is C11H12F3NO. The SMILES string of the molecule is CCc1ccc(CNC(=O)C(F)(F)F)cc1. The van der Waals surface area contributed by atoms with Crippen LogP contribution in [0.25, 0.3) is 0 Å². The van der Waals surface area contributed by atoms with Crippen LogP contribution in [0.3, 0.4) is 0 Å². The van der Waals surface area contributed by atoms with Gasteiger partial charge in [0, 0.05) is 6.54 Å². The predicted molar refractivity (Wildman–Crippen MR) is 53.7 cm³/mol. The topological polar surface area (TPSA) is 29.1 Å². The van der Waals surface area contributed by atoms with E-state index in [4.69, 9.17) is 0 Å². The van der Waals surface area contributed by atoms with Crippen LogP contribution in [-0.4, -0.2) is 12.1 Å². The fourth-order valence-corrected chi connectivity index (χ4v) is 1.18. The lowest BCUT2D eigenvalue weighted by atomic mass is 10.1. The van der Waals surface area contributed by atoms with E-state index in [0.29, 0.717) is 5.56 Å². The third-order valence-corrected chi connectivity index (χ3v) is 2.14. The van der Waals surface area contributed by atoms with Gasteiger partial charge in [-0.05, 0) is 17.5 Å². The number of aryl methyl sites for hydroxylation is 1. The van der Waals surface area contributed by atoms with E-state index in [2.05, 4.69) is 0 Å². The van der Waals surface area contributed by atoms with Crippen LogP contribution in [0.4, 0.5) is 13.2 Å². The molecule has 1 aromatic rings. The summed E-state index contributed by atoms with van der Waals surface area (Å²) in [6.07, 6.45) is -3.95. The van der Waals surface area contributed by atoms with Gasteiger partial charge in [0.15, 0.2) is 0 Å². The summed E-state index contributed by atoms with van der Waals surface area (Å²) in [4.78, 5) is 10.5. The first-order chi connectivity index (χ1) is 7.43. The Kier molecular flexibility index (Phi) is 3.93. The normalized spacial score (nSPS) is 11.2. The zero-order valence-electron chi connectivity index (χ0n) is 8.77. The molecule has 16 heavy (non-hydrogen) atoms. The second kappa shape index (κ2) is 5.01. The quantitative estimate of drug-likeness (QED) is 0.850. The molecule has 0 bridgehead atoms. The molecule has 0 aliphatic rings. The van der Waals surface area contributed by atoms with Crippen LogP contribution in [0, 0.1) is 0 Å². The van der Waals surface area contributed by atoms with Crippen molar-refractivity contribution < 1.29 is 18.0 Å². The van der Waals surface area contributed by atoms with Gasteiger partial charge in [-0.2, -0.15) is 13.2 Å². The standard InChI is InChI=1S/C11H12F3NO/c1-2-8-3-5-9(6-4-8)7-15-10(16)11(12,13)14/h3-6H,2,7H2,1H3,(H,15,16). The molecule has 2 nitrogen and oxygen atoms in total. The Morgan fingerprint density at radius 2 is 1.69 bits per heavy atom. The van der Waals surface area contributed by atoms with Gasteiger partial charge in [0.1, 0.15) is 0 Å². The number of carbonyl (C=O) groups is 1. The lowest BCUT2D eigenvalue weighted by Gasteiger charge is -2.08. The maximum atomic E-state index is 11.9. The fourth-order valence-electron chi connectivity index (χ4n) is 1.18. The summed E-state index contributed by atoms with van der Waals surface area (Å²) in [5.74, 6) is -1.91. The van der Waals surface area contributed by atoms with Gasteiger partial charge in [0.25, 0.3) is 0 Å².